The molecule has 3 aromatic carbocycles. The molecule has 190 valence electrons. The zero-order valence-electron chi connectivity index (χ0n) is 21.4. The number of carbonyl (C=O) groups excluding carboxylic acids is 1. The van der Waals surface area contributed by atoms with Crippen molar-refractivity contribution in [1.29, 1.82) is 0 Å². The topological polar surface area (TPSA) is 57.7 Å². The first kappa shape index (κ1) is 26.0. The number of aryl methyl sites for hydroxylation is 1. The van der Waals surface area contributed by atoms with Gasteiger partial charge in [0.2, 0.25) is 5.91 Å². The first-order valence-corrected chi connectivity index (χ1v) is 14.2. The van der Waals surface area contributed by atoms with E-state index in [1.165, 1.54) is 9.87 Å². The first-order valence-electron chi connectivity index (χ1n) is 12.7. The Morgan fingerprint density at radius 3 is 2.11 bits per heavy atom. The van der Waals surface area contributed by atoms with E-state index in [9.17, 15) is 13.2 Å². The number of anilines is 1. The van der Waals surface area contributed by atoms with E-state index in [4.69, 9.17) is 0 Å². The third-order valence-electron chi connectivity index (χ3n) is 7.07. The lowest BCUT2D eigenvalue weighted by Gasteiger charge is -2.34. The SMILES string of the molecule is Cc1ccc(S(=O)(=O)N(CC(=O)N2CCC(Cc3ccccc3)CC2)c2ccc(C(C)C)cc2)cc1. The first-order chi connectivity index (χ1) is 17.2. The average molecular weight is 505 g/mol. The van der Waals surface area contributed by atoms with Crippen molar-refractivity contribution in [3.63, 3.8) is 0 Å². The van der Waals surface area contributed by atoms with Crippen molar-refractivity contribution in [3.8, 4) is 0 Å². The number of sulfonamides is 1. The fourth-order valence-electron chi connectivity index (χ4n) is 4.73. The predicted molar refractivity (Wildman–Crippen MR) is 146 cm³/mol. The van der Waals surface area contributed by atoms with Gasteiger partial charge in [-0.05, 0) is 73.4 Å². The van der Waals surface area contributed by atoms with E-state index in [-0.39, 0.29) is 17.3 Å². The van der Waals surface area contributed by atoms with Crippen LogP contribution >= 0.6 is 0 Å². The van der Waals surface area contributed by atoms with Crippen molar-refractivity contribution in [2.24, 2.45) is 5.92 Å². The second-order valence-corrected chi connectivity index (χ2v) is 11.9. The second-order valence-electron chi connectivity index (χ2n) is 10.1. The van der Waals surface area contributed by atoms with E-state index in [1.54, 1.807) is 36.4 Å². The van der Waals surface area contributed by atoms with Crippen molar-refractivity contribution in [3.05, 3.63) is 95.6 Å². The van der Waals surface area contributed by atoms with Crippen molar-refractivity contribution >= 4 is 21.6 Å². The van der Waals surface area contributed by atoms with Gasteiger partial charge in [0.25, 0.3) is 10.0 Å². The number of piperidine rings is 1. The zero-order chi connectivity index (χ0) is 25.7. The molecule has 1 heterocycles. The van der Waals surface area contributed by atoms with Crippen LogP contribution in [0.2, 0.25) is 0 Å². The molecule has 1 saturated heterocycles. The van der Waals surface area contributed by atoms with Crippen LogP contribution in [0.5, 0.6) is 0 Å². The van der Waals surface area contributed by atoms with Gasteiger partial charge in [0, 0.05) is 13.1 Å². The van der Waals surface area contributed by atoms with E-state index in [0.717, 1.165) is 30.4 Å². The van der Waals surface area contributed by atoms with Gasteiger partial charge in [0.15, 0.2) is 0 Å². The Hall–Kier alpha value is -3.12. The molecule has 1 amide bonds. The van der Waals surface area contributed by atoms with Crippen LogP contribution in [0.15, 0.2) is 83.8 Å². The molecular formula is C30H36N2O3S. The van der Waals surface area contributed by atoms with E-state index >= 15 is 0 Å². The molecule has 1 aliphatic rings. The van der Waals surface area contributed by atoms with Gasteiger partial charge in [-0.3, -0.25) is 9.10 Å². The summed E-state index contributed by atoms with van der Waals surface area (Å²) < 4.78 is 28.6. The highest BCUT2D eigenvalue weighted by atomic mass is 32.2. The summed E-state index contributed by atoms with van der Waals surface area (Å²) in [5.41, 5.74) is 3.93. The van der Waals surface area contributed by atoms with Gasteiger partial charge >= 0.3 is 0 Å². The number of hydrogen-bond acceptors (Lipinski definition) is 3. The Morgan fingerprint density at radius 1 is 0.917 bits per heavy atom. The lowest BCUT2D eigenvalue weighted by Crippen LogP contribution is -2.46. The lowest BCUT2D eigenvalue weighted by atomic mass is 9.90. The Labute approximate surface area is 215 Å². The van der Waals surface area contributed by atoms with Crippen molar-refractivity contribution in [1.82, 2.24) is 4.90 Å². The molecule has 0 aromatic heterocycles. The molecule has 36 heavy (non-hydrogen) atoms. The number of hydrogen-bond donors (Lipinski definition) is 0. The summed E-state index contributed by atoms with van der Waals surface area (Å²) in [5.74, 6) is 0.712. The number of amides is 1. The van der Waals surface area contributed by atoms with Crippen LogP contribution in [0.25, 0.3) is 0 Å². The monoisotopic (exact) mass is 504 g/mol. The molecule has 0 saturated carbocycles. The molecule has 5 nitrogen and oxygen atoms in total. The normalized spacial score (nSPS) is 14.7. The molecule has 0 bridgehead atoms. The van der Waals surface area contributed by atoms with Gasteiger partial charge in [-0.2, -0.15) is 0 Å². The number of rotatable bonds is 8. The van der Waals surface area contributed by atoms with E-state index in [2.05, 4.69) is 38.1 Å². The number of carbonyl (C=O) groups is 1. The fourth-order valence-corrected chi connectivity index (χ4v) is 6.15. The highest BCUT2D eigenvalue weighted by Gasteiger charge is 2.30. The van der Waals surface area contributed by atoms with Crippen molar-refractivity contribution < 1.29 is 13.2 Å². The van der Waals surface area contributed by atoms with E-state index < -0.39 is 10.0 Å². The Morgan fingerprint density at radius 2 is 1.53 bits per heavy atom. The maximum absolute atomic E-state index is 13.7. The molecule has 4 rings (SSSR count). The van der Waals surface area contributed by atoms with Gasteiger partial charge in [-0.25, -0.2) is 8.42 Å². The molecule has 1 fully saturated rings. The maximum atomic E-state index is 13.7. The van der Waals surface area contributed by atoms with Crippen LogP contribution in [-0.4, -0.2) is 38.9 Å². The molecular weight excluding hydrogens is 468 g/mol. The molecule has 6 heteroatoms. The molecule has 1 aliphatic heterocycles. The van der Waals surface area contributed by atoms with Gasteiger partial charge in [-0.15, -0.1) is 0 Å². The quantitative estimate of drug-likeness (QED) is 0.390. The number of nitrogens with zero attached hydrogens (tertiary/aromatic N) is 2. The Bertz CT molecular complexity index is 1250. The standard InChI is InChI=1S/C30H36N2O3S/c1-23(2)27-11-13-28(14-12-27)32(36(34,35)29-15-9-24(3)10-16-29)22-30(33)31-19-17-26(18-20-31)21-25-7-5-4-6-8-25/h4-16,23,26H,17-22H2,1-3H3. The summed E-state index contributed by atoms with van der Waals surface area (Å²) in [6, 6.07) is 24.7. The third-order valence-corrected chi connectivity index (χ3v) is 8.86. The summed E-state index contributed by atoms with van der Waals surface area (Å²) in [4.78, 5) is 15.4. The maximum Gasteiger partial charge on any atom is 0.264 e. The van der Waals surface area contributed by atoms with Crippen LogP contribution in [0, 0.1) is 12.8 Å². The van der Waals surface area contributed by atoms with Gasteiger partial charge in [-0.1, -0.05) is 74.0 Å². The summed E-state index contributed by atoms with van der Waals surface area (Å²) in [6.45, 7) is 7.22. The molecule has 0 radical (unpaired) electrons. The molecule has 0 spiro atoms. The summed E-state index contributed by atoms with van der Waals surface area (Å²) in [7, 11) is -3.90. The van der Waals surface area contributed by atoms with Gasteiger partial charge in [0.1, 0.15) is 6.54 Å². The van der Waals surface area contributed by atoms with Crippen LogP contribution in [-0.2, 0) is 21.2 Å². The third kappa shape index (κ3) is 6.16. The lowest BCUT2D eigenvalue weighted by molar-refractivity contribution is -0.130. The second kappa shape index (κ2) is 11.3. The van der Waals surface area contributed by atoms with Gasteiger partial charge in [0.05, 0.1) is 10.6 Å². The van der Waals surface area contributed by atoms with E-state index in [1.807, 2.05) is 30.0 Å². The van der Waals surface area contributed by atoms with E-state index in [0.29, 0.717) is 30.6 Å². The molecule has 0 unspecified atom stereocenters. The average Bonchev–Trinajstić information content (AvgIpc) is 2.88. The van der Waals surface area contributed by atoms with Gasteiger partial charge < -0.3 is 4.90 Å². The molecule has 0 N–H and O–H groups in total. The smallest absolute Gasteiger partial charge is 0.264 e. The largest absolute Gasteiger partial charge is 0.341 e. The van der Waals surface area contributed by atoms with Crippen LogP contribution in [0.1, 0.15) is 49.3 Å². The minimum absolute atomic E-state index is 0.156. The molecule has 0 aliphatic carbocycles. The zero-order valence-corrected chi connectivity index (χ0v) is 22.2. The predicted octanol–water partition coefficient (Wildman–Crippen LogP) is 5.80. The summed E-state index contributed by atoms with van der Waals surface area (Å²) in [6.07, 6.45) is 2.86. The van der Waals surface area contributed by atoms with Crippen LogP contribution in [0.3, 0.4) is 0 Å². The minimum Gasteiger partial charge on any atom is -0.341 e. The van der Waals surface area contributed by atoms with Crippen LogP contribution in [0.4, 0.5) is 5.69 Å². The van der Waals surface area contributed by atoms with Crippen molar-refractivity contribution in [2.45, 2.75) is 50.8 Å². The minimum atomic E-state index is -3.90. The summed E-state index contributed by atoms with van der Waals surface area (Å²) >= 11 is 0. The fraction of sp³-hybridized carbons (Fsp3) is 0.367. The highest BCUT2D eigenvalue weighted by molar-refractivity contribution is 7.92. The Balaban J connectivity index is 1.51. The molecule has 0 atom stereocenters. The Kier molecular flexibility index (Phi) is 8.14. The molecule has 3 aromatic rings. The highest BCUT2D eigenvalue weighted by Crippen LogP contribution is 2.27. The van der Waals surface area contributed by atoms with Crippen LogP contribution < -0.4 is 4.31 Å². The summed E-state index contributed by atoms with van der Waals surface area (Å²) in [5, 5.41) is 0. The van der Waals surface area contributed by atoms with Crippen molar-refractivity contribution in [2.75, 3.05) is 23.9 Å². The number of benzene rings is 3. The number of likely N-dealkylation sites (tertiary alicyclic amines) is 1.